The van der Waals surface area contributed by atoms with Gasteiger partial charge in [0.05, 0.1) is 6.34 Å². The second kappa shape index (κ2) is 9.11. The normalized spacial score (nSPS) is 24.4. The fourth-order valence-electron chi connectivity index (χ4n) is 2.52. The van der Waals surface area contributed by atoms with E-state index in [-0.39, 0.29) is 23.9 Å². The summed E-state index contributed by atoms with van der Waals surface area (Å²) in [4.78, 5) is 46.3. The van der Waals surface area contributed by atoms with E-state index < -0.39 is 41.7 Å². The van der Waals surface area contributed by atoms with E-state index in [0.29, 0.717) is 0 Å². The largest absolute Gasteiger partial charge is 0.463 e. The summed E-state index contributed by atoms with van der Waals surface area (Å²) < 4.78 is 30.3. The number of rotatable bonds is 7. The number of nitrogens with zero attached hydrogens (tertiary/aromatic N) is 3. The molecule has 4 atom stereocenters. The Labute approximate surface area is 165 Å². The zero-order chi connectivity index (χ0) is 21.0. The number of imidazole rings is 1. The van der Waals surface area contributed by atoms with Crippen LogP contribution >= 0.6 is 11.6 Å². The Morgan fingerprint density at radius 3 is 2.57 bits per heavy atom. The highest BCUT2D eigenvalue weighted by Crippen LogP contribution is 2.37. The number of aliphatic imine (C=N–C) groups is 1. The van der Waals surface area contributed by atoms with Crippen molar-refractivity contribution in [2.75, 3.05) is 20.7 Å². The van der Waals surface area contributed by atoms with Gasteiger partial charge in [0, 0.05) is 27.9 Å². The van der Waals surface area contributed by atoms with Crippen molar-refractivity contribution >= 4 is 40.9 Å². The van der Waals surface area contributed by atoms with Crippen molar-refractivity contribution in [1.29, 1.82) is 0 Å². The highest BCUT2D eigenvalue weighted by molar-refractivity contribution is 6.67. The van der Waals surface area contributed by atoms with E-state index in [4.69, 9.17) is 25.8 Å². The van der Waals surface area contributed by atoms with Gasteiger partial charge < -0.3 is 24.1 Å². The topological polar surface area (TPSA) is 123 Å². The Bertz CT molecular complexity index is 783. The summed E-state index contributed by atoms with van der Waals surface area (Å²) in [6.07, 6.45) is -4.13. The molecule has 0 radical (unpaired) electrons. The number of halogens is 2. The standard InChI is InChI=1S/C16H20ClFN4O6/c1-7(23)26-5-9-12(27-8(2)24)10(18)13(28-9)16-20-11(14(17)25)15(21-16)19-6-22(3)4/h6,9-10,12-13H,5H2,1-4H3,(H,20,21)/t9-,10+,12-,13-/m1/s1. The van der Waals surface area contributed by atoms with Gasteiger partial charge in [0.2, 0.25) is 0 Å². The zero-order valence-corrected chi connectivity index (χ0v) is 16.4. The molecule has 154 valence electrons. The Kier molecular flexibility index (Phi) is 7.08. The molecule has 1 aliphatic heterocycles. The monoisotopic (exact) mass is 418 g/mol. The molecule has 2 heterocycles. The number of hydrogen-bond acceptors (Lipinski definition) is 8. The van der Waals surface area contributed by atoms with Crippen LogP contribution in [0.4, 0.5) is 10.2 Å². The molecule has 1 aromatic heterocycles. The van der Waals surface area contributed by atoms with E-state index in [1.807, 2.05) is 0 Å². The molecule has 12 heteroatoms. The molecule has 0 aliphatic carbocycles. The summed E-state index contributed by atoms with van der Waals surface area (Å²) in [7, 11) is 3.42. The Morgan fingerprint density at radius 2 is 2.04 bits per heavy atom. The SMILES string of the molecule is CC(=O)OC[C@H]1O[C@@H](c2nc(C(=O)Cl)c(N=CN(C)C)[nH]2)[C@@H](F)[C@@H]1OC(C)=O. The number of aromatic amines is 1. The van der Waals surface area contributed by atoms with Crippen LogP contribution in [0.25, 0.3) is 0 Å². The first-order valence-electron chi connectivity index (χ1n) is 8.20. The third kappa shape index (κ3) is 5.26. The number of esters is 2. The first-order chi connectivity index (χ1) is 13.1. The smallest absolute Gasteiger partial charge is 0.303 e. The maximum atomic E-state index is 15.0. The molecule has 2 rings (SSSR count). The lowest BCUT2D eigenvalue weighted by Crippen LogP contribution is -2.36. The molecule has 0 bridgehead atoms. The number of alkyl halides is 1. The maximum absolute atomic E-state index is 15.0. The Balaban J connectivity index is 2.32. The molecule has 1 saturated heterocycles. The highest BCUT2D eigenvalue weighted by Gasteiger charge is 2.50. The van der Waals surface area contributed by atoms with Gasteiger partial charge in [-0.25, -0.2) is 14.4 Å². The van der Waals surface area contributed by atoms with Crippen molar-refractivity contribution in [3.05, 3.63) is 11.5 Å². The molecule has 0 unspecified atom stereocenters. The number of hydrogen-bond donors (Lipinski definition) is 1. The van der Waals surface area contributed by atoms with Crippen molar-refractivity contribution in [1.82, 2.24) is 14.9 Å². The van der Waals surface area contributed by atoms with Crippen LogP contribution in [0.5, 0.6) is 0 Å². The van der Waals surface area contributed by atoms with Crippen molar-refractivity contribution in [2.24, 2.45) is 4.99 Å². The average molecular weight is 419 g/mol. The molecule has 0 saturated carbocycles. The lowest BCUT2D eigenvalue weighted by Gasteiger charge is -2.18. The second-order valence-electron chi connectivity index (χ2n) is 6.22. The van der Waals surface area contributed by atoms with Crippen LogP contribution in [0, 0.1) is 0 Å². The molecule has 10 nitrogen and oxygen atoms in total. The summed E-state index contributed by atoms with van der Waals surface area (Å²) in [6, 6.07) is 0. The van der Waals surface area contributed by atoms with Gasteiger partial charge in [0.25, 0.3) is 5.24 Å². The van der Waals surface area contributed by atoms with Gasteiger partial charge >= 0.3 is 11.9 Å². The molecule has 1 aliphatic rings. The van der Waals surface area contributed by atoms with Crippen molar-refractivity contribution in [3.8, 4) is 0 Å². The van der Waals surface area contributed by atoms with Crippen molar-refractivity contribution in [3.63, 3.8) is 0 Å². The van der Waals surface area contributed by atoms with Gasteiger partial charge in [-0.05, 0) is 11.6 Å². The number of nitrogens with one attached hydrogen (secondary N) is 1. The summed E-state index contributed by atoms with van der Waals surface area (Å²) in [6.45, 7) is 1.98. The fraction of sp³-hybridized carbons (Fsp3) is 0.562. The molecule has 1 N–H and O–H groups in total. The van der Waals surface area contributed by atoms with Crippen LogP contribution < -0.4 is 0 Å². The average Bonchev–Trinajstić information content (AvgIpc) is 3.13. The minimum Gasteiger partial charge on any atom is -0.463 e. The second-order valence-corrected chi connectivity index (χ2v) is 6.56. The number of H-pyrrole nitrogens is 1. The van der Waals surface area contributed by atoms with Gasteiger partial charge in [0.15, 0.2) is 29.9 Å². The van der Waals surface area contributed by atoms with Crippen LogP contribution in [-0.2, 0) is 23.8 Å². The minimum atomic E-state index is -1.83. The minimum absolute atomic E-state index is 0.0203. The molecular weight excluding hydrogens is 399 g/mol. The van der Waals surface area contributed by atoms with Crippen molar-refractivity contribution < 1.29 is 33.0 Å². The van der Waals surface area contributed by atoms with Crippen LogP contribution in [0.1, 0.15) is 36.3 Å². The van der Waals surface area contributed by atoms with Crippen molar-refractivity contribution in [2.45, 2.75) is 38.3 Å². The molecule has 0 amide bonds. The summed E-state index contributed by atoms with van der Waals surface area (Å²) in [5, 5.41) is -0.894. The molecule has 28 heavy (non-hydrogen) atoms. The number of carbonyl (C=O) groups is 3. The molecular formula is C16H20ClFN4O6. The molecule has 0 aromatic carbocycles. The highest BCUT2D eigenvalue weighted by atomic mass is 35.5. The first kappa shape index (κ1) is 21.8. The van der Waals surface area contributed by atoms with Crippen LogP contribution in [0.15, 0.2) is 4.99 Å². The zero-order valence-electron chi connectivity index (χ0n) is 15.6. The number of ether oxygens (including phenoxy) is 3. The maximum Gasteiger partial charge on any atom is 0.303 e. The van der Waals surface area contributed by atoms with E-state index in [1.165, 1.54) is 13.3 Å². The van der Waals surface area contributed by atoms with Crippen LogP contribution in [0.2, 0.25) is 0 Å². The fourth-order valence-corrected chi connectivity index (χ4v) is 2.65. The lowest BCUT2D eigenvalue weighted by atomic mass is 10.1. The molecule has 1 fully saturated rings. The van der Waals surface area contributed by atoms with Gasteiger partial charge in [0.1, 0.15) is 18.5 Å². The van der Waals surface area contributed by atoms with Gasteiger partial charge in [-0.1, -0.05) is 0 Å². The quantitative estimate of drug-likeness (QED) is 0.304. The summed E-state index contributed by atoms with van der Waals surface area (Å²) in [5.74, 6) is -1.37. The van der Waals surface area contributed by atoms with E-state index in [1.54, 1.807) is 19.0 Å². The first-order valence-corrected chi connectivity index (χ1v) is 8.58. The molecule has 0 spiro atoms. The van der Waals surface area contributed by atoms with Gasteiger partial charge in [-0.2, -0.15) is 0 Å². The third-order valence-electron chi connectivity index (χ3n) is 3.62. The lowest BCUT2D eigenvalue weighted by molar-refractivity contribution is -0.156. The number of aromatic nitrogens is 2. The third-order valence-corrected chi connectivity index (χ3v) is 3.80. The summed E-state index contributed by atoms with van der Waals surface area (Å²) in [5.41, 5.74) is -0.210. The Hall–Kier alpha value is -2.53. The van der Waals surface area contributed by atoms with Gasteiger partial charge in [-0.15, -0.1) is 0 Å². The van der Waals surface area contributed by atoms with E-state index in [2.05, 4.69) is 15.0 Å². The number of carbonyl (C=O) groups excluding carboxylic acids is 3. The van der Waals surface area contributed by atoms with Crippen LogP contribution in [0.3, 0.4) is 0 Å². The van der Waals surface area contributed by atoms with E-state index in [0.717, 1.165) is 6.92 Å². The summed E-state index contributed by atoms with van der Waals surface area (Å²) >= 11 is 5.52. The Morgan fingerprint density at radius 1 is 1.36 bits per heavy atom. The predicted molar refractivity (Wildman–Crippen MR) is 95.3 cm³/mol. The van der Waals surface area contributed by atoms with Crippen LogP contribution in [-0.4, -0.2) is 77.5 Å². The van der Waals surface area contributed by atoms with E-state index in [9.17, 15) is 18.8 Å². The van der Waals surface area contributed by atoms with Gasteiger partial charge in [-0.3, -0.25) is 14.4 Å². The van der Waals surface area contributed by atoms with E-state index >= 15 is 0 Å². The predicted octanol–water partition coefficient (Wildman–Crippen LogP) is 1.28. The molecule has 1 aromatic rings.